The summed E-state index contributed by atoms with van der Waals surface area (Å²) in [6.07, 6.45) is 4.43. The highest BCUT2D eigenvalue weighted by molar-refractivity contribution is 5.27. The molecule has 1 aliphatic heterocycles. The second-order valence-corrected chi connectivity index (χ2v) is 5.54. The maximum absolute atomic E-state index is 5.56. The molecule has 5 heteroatoms. The van der Waals surface area contributed by atoms with E-state index in [-0.39, 0.29) is 6.10 Å². The summed E-state index contributed by atoms with van der Waals surface area (Å²) in [6.45, 7) is 7.27. The Morgan fingerprint density at radius 1 is 1.53 bits per heavy atom. The summed E-state index contributed by atoms with van der Waals surface area (Å²) in [5.74, 6) is 1.97. The van der Waals surface area contributed by atoms with Crippen molar-refractivity contribution in [1.29, 1.82) is 0 Å². The summed E-state index contributed by atoms with van der Waals surface area (Å²) < 4.78 is 5.56. The first-order chi connectivity index (χ1) is 9.13. The number of piperidine rings is 1. The minimum atomic E-state index is 0.134. The van der Waals surface area contributed by atoms with E-state index in [1.807, 2.05) is 13.8 Å². The molecule has 0 bridgehead atoms. The summed E-state index contributed by atoms with van der Waals surface area (Å²) in [5, 5.41) is 3.32. The molecule has 0 amide bonds. The molecular formula is C14H24N4O. The number of hydrogen-bond acceptors (Lipinski definition) is 5. The predicted octanol–water partition coefficient (Wildman–Crippen LogP) is 2.02. The lowest BCUT2D eigenvalue weighted by Crippen LogP contribution is -2.35. The van der Waals surface area contributed by atoms with Crippen molar-refractivity contribution in [2.24, 2.45) is 5.92 Å². The smallest absolute Gasteiger partial charge is 0.225 e. The van der Waals surface area contributed by atoms with Crippen LogP contribution in [-0.2, 0) is 0 Å². The van der Waals surface area contributed by atoms with Crippen LogP contribution >= 0.6 is 0 Å². The topological polar surface area (TPSA) is 50.3 Å². The molecule has 0 saturated carbocycles. The second-order valence-electron chi connectivity index (χ2n) is 5.54. The molecule has 2 heterocycles. The first-order valence-corrected chi connectivity index (χ1v) is 7.05. The first-order valence-electron chi connectivity index (χ1n) is 7.05. The van der Waals surface area contributed by atoms with Gasteiger partial charge in [-0.05, 0) is 46.2 Å². The lowest BCUT2D eigenvalue weighted by Gasteiger charge is -2.29. The zero-order chi connectivity index (χ0) is 13.7. The van der Waals surface area contributed by atoms with Gasteiger partial charge >= 0.3 is 0 Å². The fourth-order valence-corrected chi connectivity index (χ4v) is 2.41. The summed E-state index contributed by atoms with van der Waals surface area (Å²) in [7, 11) is 2.18. The molecule has 106 valence electrons. The molecule has 1 atom stereocenters. The van der Waals surface area contributed by atoms with Gasteiger partial charge in [-0.3, -0.25) is 0 Å². The van der Waals surface area contributed by atoms with Crippen molar-refractivity contribution in [2.45, 2.75) is 32.8 Å². The molecule has 0 aliphatic carbocycles. The number of hydrogen-bond donors (Lipinski definition) is 1. The molecule has 1 N–H and O–H groups in total. The molecule has 1 saturated heterocycles. The molecule has 2 rings (SSSR count). The minimum Gasteiger partial charge on any atom is -0.475 e. The molecule has 0 spiro atoms. The van der Waals surface area contributed by atoms with Gasteiger partial charge in [0, 0.05) is 25.4 Å². The Balaban J connectivity index is 1.85. The van der Waals surface area contributed by atoms with Gasteiger partial charge in [0.1, 0.15) is 0 Å². The van der Waals surface area contributed by atoms with Gasteiger partial charge < -0.3 is 15.0 Å². The van der Waals surface area contributed by atoms with Crippen molar-refractivity contribution < 1.29 is 4.74 Å². The van der Waals surface area contributed by atoms with Gasteiger partial charge in [-0.1, -0.05) is 0 Å². The van der Waals surface area contributed by atoms with Crippen LogP contribution in [-0.4, -0.2) is 47.7 Å². The zero-order valence-electron chi connectivity index (χ0n) is 12.1. The Morgan fingerprint density at radius 3 is 3.11 bits per heavy atom. The molecule has 1 unspecified atom stereocenters. The summed E-state index contributed by atoms with van der Waals surface area (Å²) in [6, 6.07) is 1.79. The van der Waals surface area contributed by atoms with Gasteiger partial charge in [0.15, 0.2) is 0 Å². The average Bonchev–Trinajstić information content (AvgIpc) is 2.36. The third kappa shape index (κ3) is 4.67. The van der Waals surface area contributed by atoms with Crippen molar-refractivity contribution in [1.82, 2.24) is 14.9 Å². The van der Waals surface area contributed by atoms with Crippen molar-refractivity contribution >= 4 is 5.95 Å². The first kappa shape index (κ1) is 14.1. The van der Waals surface area contributed by atoms with E-state index in [4.69, 9.17) is 4.74 Å². The highest BCUT2D eigenvalue weighted by atomic mass is 16.5. The van der Waals surface area contributed by atoms with Gasteiger partial charge in [0.05, 0.1) is 6.10 Å². The monoisotopic (exact) mass is 264 g/mol. The van der Waals surface area contributed by atoms with E-state index in [9.17, 15) is 0 Å². The number of rotatable bonds is 5. The zero-order valence-corrected chi connectivity index (χ0v) is 12.1. The van der Waals surface area contributed by atoms with Crippen LogP contribution in [0.3, 0.4) is 0 Å². The molecule has 1 aromatic heterocycles. The predicted molar refractivity (Wildman–Crippen MR) is 76.5 cm³/mol. The standard InChI is InChI=1S/C14H24N4O/c1-11(2)19-13-6-7-15-14(17-13)16-9-12-5-4-8-18(3)10-12/h6-7,11-12H,4-5,8-10H2,1-3H3,(H,15,16,17). The van der Waals surface area contributed by atoms with Crippen LogP contribution in [0.4, 0.5) is 5.95 Å². The lowest BCUT2D eigenvalue weighted by molar-refractivity contribution is 0.217. The van der Waals surface area contributed by atoms with Crippen molar-refractivity contribution in [3.63, 3.8) is 0 Å². The number of aromatic nitrogens is 2. The highest BCUT2D eigenvalue weighted by Crippen LogP contribution is 2.16. The number of nitrogens with one attached hydrogen (secondary N) is 1. The average molecular weight is 264 g/mol. The van der Waals surface area contributed by atoms with Gasteiger partial charge in [0.2, 0.25) is 11.8 Å². The van der Waals surface area contributed by atoms with Crippen LogP contribution in [0.25, 0.3) is 0 Å². The van der Waals surface area contributed by atoms with Crippen LogP contribution in [0.5, 0.6) is 5.88 Å². The van der Waals surface area contributed by atoms with E-state index < -0.39 is 0 Å². The van der Waals surface area contributed by atoms with Crippen LogP contribution in [0.15, 0.2) is 12.3 Å². The van der Waals surface area contributed by atoms with Crippen molar-refractivity contribution in [3.8, 4) is 5.88 Å². The van der Waals surface area contributed by atoms with Gasteiger partial charge in [-0.2, -0.15) is 4.98 Å². The van der Waals surface area contributed by atoms with Gasteiger partial charge in [-0.15, -0.1) is 0 Å². The number of nitrogens with zero attached hydrogens (tertiary/aromatic N) is 3. The third-order valence-electron chi connectivity index (χ3n) is 3.26. The van der Waals surface area contributed by atoms with Crippen LogP contribution in [0, 0.1) is 5.92 Å². The van der Waals surface area contributed by atoms with Crippen molar-refractivity contribution in [2.75, 3.05) is 32.0 Å². The van der Waals surface area contributed by atoms with E-state index in [0.29, 0.717) is 17.7 Å². The minimum absolute atomic E-state index is 0.134. The fourth-order valence-electron chi connectivity index (χ4n) is 2.41. The van der Waals surface area contributed by atoms with Crippen LogP contribution in [0.1, 0.15) is 26.7 Å². The Hall–Kier alpha value is -1.36. The molecule has 0 radical (unpaired) electrons. The summed E-state index contributed by atoms with van der Waals surface area (Å²) in [4.78, 5) is 11.0. The molecule has 1 fully saturated rings. The second kappa shape index (κ2) is 6.70. The molecule has 5 nitrogen and oxygen atoms in total. The Kier molecular flexibility index (Phi) is 4.96. The Morgan fingerprint density at radius 2 is 2.37 bits per heavy atom. The Labute approximate surface area is 115 Å². The van der Waals surface area contributed by atoms with Crippen LogP contribution in [0.2, 0.25) is 0 Å². The SMILES string of the molecule is CC(C)Oc1ccnc(NCC2CCCN(C)C2)n1. The molecule has 19 heavy (non-hydrogen) atoms. The van der Waals surface area contributed by atoms with Gasteiger partial charge in [-0.25, -0.2) is 4.98 Å². The van der Waals surface area contributed by atoms with E-state index in [1.54, 1.807) is 12.3 Å². The summed E-state index contributed by atoms with van der Waals surface area (Å²) in [5.41, 5.74) is 0. The Bertz CT molecular complexity index is 397. The molecule has 1 aromatic rings. The molecule has 0 aromatic carbocycles. The van der Waals surface area contributed by atoms with E-state index in [2.05, 4.69) is 27.2 Å². The number of likely N-dealkylation sites (tertiary alicyclic amines) is 1. The molecule has 1 aliphatic rings. The third-order valence-corrected chi connectivity index (χ3v) is 3.26. The maximum Gasteiger partial charge on any atom is 0.225 e. The van der Waals surface area contributed by atoms with E-state index >= 15 is 0 Å². The number of ether oxygens (including phenoxy) is 1. The van der Waals surface area contributed by atoms with E-state index in [1.165, 1.54) is 19.4 Å². The largest absolute Gasteiger partial charge is 0.475 e. The molecular weight excluding hydrogens is 240 g/mol. The normalized spacial score (nSPS) is 20.5. The quantitative estimate of drug-likeness (QED) is 0.881. The van der Waals surface area contributed by atoms with Gasteiger partial charge in [0.25, 0.3) is 0 Å². The van der Waals surface area contributed by atoms with Crippen molar-refractivity contribution in [3.05, 3.63) is 12.3 Å². The number of anilines is 1. The summed E-state index contributed by atoms with van der Waals surface area (Å²) >= 11 is 0. The maximum atomic E-state index is 5.56. The lowest BCUT2D eigenvalue weighted by atomic mass is 9.99. The van der Waals surface area contributed by atoms with Crippen LogP contribution < -0.4 is 10.1 Å². The fraction of sp³-hybridized carbons (Fsp3) is 0.714. The van der Waals surface area contributed by atoms with E-state index in [0.717, 1.165) is 13.1 Å². The highest BCUT2D eigenvalue weighted by Gasteiger charge is 2.17.